The van der Waals surface area contributed by atoms with Gasteiger partial charge in [-0.05, 0) is 26.0 Å². The van der Waals surface area contributed by atoms with Crippen LogP contribution in [-0.4, -0.2) is 28.4 Å². The number of hydrazine groups is 1. The smallest absolute Gasteiger partial charge is 0.310 e. The van der Waals surface area contributed by atoms with Gasteiger partial charge in [-0.3, -0.25) is 30.2 Å². The van der Waals surface area contributed by atoms with Crippen molar-refractivity contribution in [2.75, 3.05) is 0 Å². The van der Waals surface area contributed by atoms with Crippen LogP contribution < -0.4 is 10.9 Å². The van der Waals surface area contributed by atoms with Gasteiger partial charge in [0.15, 0.2) is 0 Å². The van der Waals surface area contributed by atoms with E-state index in [0.717, 1.165) is 11.8 Å². The van der Waals surface area contributed by atoms with E-state index < -0.39 is 17.6 Å². The zero-order chi connectivity index (χ0) is 19.8. The molecule has 27 heavy (non-hydrogen) atoms. The number of para-hydroxylation sites is 1. The van der Waals surface area contributed by atoms with Crippen LogP contribution in [0.4, 0.5) is 5.69 Å². The molecule has 0 spiro atoms. The first-order valence-corrected chi connectivity index (χ1v) is 8.10. The van der Waals surface area contributed by atoms with Crippen LogP contribution >= 0.6 is 0 Å². The number of nitrogens with one attached hydrogen (secondary N) is 2. The third-order valence-corrected chi connectivity index (χ3v) is 3.34. The van der Waals surface area contributed by atoms with Gasteiger partial charge in [-0.15, -0.1) is 0 Å². The number of aliphatic imine (C=N–C) groups is 1. The minimum atomic E-state index is -1.08. The Kier molecular flexibility index (Phi) is 6.60. The molecular formula is C20H19N3O4. The van der Waals surface area contributed by atoms with Gasteiger partial charge in [0.05, 0.1) is 11.3 Å². The van der Waals surface area contributed by atoms with Crippen molar-refractivity contribution in [3.8, 4) is 0 Å². The van der Waals surface area contributed by atoms with Crippen molar-refractivity contribution in [2.45, 2.75) is 13.8 Å². The molecule has 3 N–H and O–H groups in total. The average molecular weight is 365 g/mol. The lowest BCUT2D eigenvalue weighted by Gasteiger charge is -2.08. The maximum Gasteiger partial charge on any atom is 0.310 e. The molecule has 0 aliphatic carbocycles. The van der Waals surface area contributed by atoms with E-state index in [9.17, 15) is 19.5 Å². The molecule has 0 bridgehead atoms. The number of benzene rings is 2. The summed E-state index contributed by atoms with van der Waals surface area (Å²) < 4.78 is 0. The molecule has 0 aromatic heterocycles. The second-order valence-electron chi connectivity index (χ2n) is 5.74. The van der Waals surface area contributed by atoms with Gasteiger partial charge in [0.1, 0.15) is 5.76 Å². The number of nitrogens with zero attached hydrogens (tertiary/aromatic N) is 1. The molecule has 7 nitrogen and oxygen atoms in total. The van der Waals surface area contributed by atoms with Crippen molar-refractivity contribution in [3.05, 3.63) is 71.8 Å². The van der Waals surface area contributed by atoms with Gasteiger partial charge in [0, 0.05) is 17.4 Å². The summed E-state index contributed by atoms with van der Waals surface area (Å²) >= 11 is 0. The number of aliphatic hydroxyl groups is 1. The van der Waals surface area contributed by atoms with Gasteiger partial charge in [-0.2, -0.15) is 0 Å². The highest BCUT2D eigenvalue weighted by molar-refractivity contribution is 6.41. The van der Waals surface area contributed by atoms with Gasteiger partial charge in [0.25, 0.3) is 5.91 Å². The lowest BCUT2D eigenvalue weighted by Crippen LogP contribution is -2.44. The monoisotopic (exact) mass is 365 g/mol. The Bertz CT molecular complexity index is 914. The lowest BCUT2D eigenvalue weighted by atomic mass is 10.1. The Morgan fingerprint density at radius 1 is 0.926 bits per heavy atom. The third-order valence-electron chi connectivity index (χ3n) is 3.34. The molecule has 0 aliphatic heterocycles. The predicted molar refractivity (Wildman–Crippen MR) is 103 cm³/mol. The van der Waals surface area contributed by atoms with E-state index in [1.165, 1.54) is 0 Å². The molecule has 0 unspecified atom stereocenters. The number of rotatable bonds is 5. The molecule has 0 atom stereocenters. The topological polar surface area (TPSA) is 108 Å². The third kappa shape index (κ3) is 5.64. The minimum Gasteiger partial charge on any atom is -0.507 e. The van der Waals surface area contributed by atoms with Crippen molar-refractivity contribution in [2.24, 2.45) is 4.99 Å². The number of aliphatic hydroxyl groups excluding tert-OH is 1. The van der Waals surface area contributed by atoms with Crippen molar-refractivity contribution in [1.29, 1.82) is 0 Å². The maximum absolute atomic E-state index is 12.2. The van der Waals surface area contributed by atoms with Gasteiger partial charge in [-0.25, -0.2) is 0 Å². The second kappa shape index (κ2) is 9.10. The average Bonchev–Trinajstić information content (AvgIpc) is 2.66. The Hall–Kier alpha value is -3.74. The van der Waals surface area contributed by atoms with Gasteiger partial charge < -0.3 is 5.11 Å². The second-order valence-corrected chi connectivity index (χ2v) is 5.74. The van der Waals surface area contributed by atoms with Crippen LogP contribution in [-0.2, 0) is 9.59 Å². The number of carbonyl (C=O) groups excluding carboxylic acids is 3. The molecule has 2 aromatic rings. The fraction of sp³-hybridized carbons (Fsp3) is 0.100. The molecule has 0 radical (unpaired) electrons. The summed E-state index contributed by atoms with van der Waals surface area (Å²) in [7, 11) is 0. The Morgan fingerprint density at radius 3 is 2.22 bits per heavy atom. The van der Waals surface area contributed by atoms with Gasteiger partial charge in [0.2, 0.25) is 5.78 Å². The minimum absolute atomic E-state index is 0.245. The molecular weight excluding hydrogens is 346 g/mol. The molecule has 0 saturated carbocycles. The van der Waals surface area contributed by atoms with Gasteiger partial charge >= 0.3 is 5.91 Å². The first-order valence-electron chi connectivity index (χ1n) is 8.10. The van der Waals surface area contributed by atoms with Crippen LogP contribution in [0, 0.1) is 0 Å². The summed E-state index contributed by atoms with van der Waals surface area (Å²) in [6.07, 6.45) is 0.787. The fourth-order valence-electron chi connectivity index (χ4n) is 2.13. The lowest BCUT2D eigenvalue weighted by molar-refractivity contribution is -0.135. The van der Waals surface area contributed by atoms with E-state index in [1.54, 1.807) is 68.4 Å². The molecule has 2 rings (SSSR count). The van der Waals surface area contributed by atoms with E-state index >= 15 is 0 Å². The molecule has 0 fully saturated rings. The molecule has 2 aromatic carbocycles. The number of amides is 2. The van der Waals surface area contributed by atoms with E-state index in [0.29, 0.717) is 11.3 Å². The largest absolute Gasteiger partial charge is 0.507 e. The predicted octanol–water partition coefficient (Wildman–Crippen LogP) is 2.73. The van der Waals surface area contributed by atoms with Crippen LogP contribution in [0.1, 0.15) is 29.8 Å². The Morgan fingerprint density at radius 2 is 1.56 bits per heavy atom. The summed E-state index contributed by atoms with van der Waals surface area (Å²) in [6, 6.07) is 14.9. The fourth-order valence-corrected chi connectivity index (χ4v) is 2.13. The van der Waals surface area contributed by atoms with E-state index in [2.05, 4.69) is 10.4 Å². The molecule has 7 heteroatoms. The standard InChI is InChI=1S/C20H19N3O4/c1-13(2)21-16-11-7-6-10-15(16)19(26)22-23-20(27)18(25)12-17(24)14-8-4-3-5-9-14/h3-12,24H,1-2H3,(H,22,26)(H,23,27). The quantitative estimate of drug-likeness (QED) is 0.249. The Labute approximate surface area is 156 Å². The zero-order valence-electron chi connectivity index (χ0n) is 14.9. The summed E-state index contributed by atoms with van der Waals surface area (Å²) in [5.41, 5.74) is 6.03. The van der Waals surface area contributed by atoms with Crippen LogP contribution in [0.5, 0.6) is 0 Å². The first-order chi connectivity index (χ1) is 12.9. The van der Waals surface area contributed by atoms with Crippen LogP contribution in [0.2, 0.25) is 0 Å². The van der Waals surface area contributed by atoms with E-state index in [-0.39, 0.29) is 11.3 Å². The van der Waals surface area contributed by atoms with Crippen LogP contribution in [0.15, 0.2) is 65.7 Å². The number of carbonyl (C=O) groups is 3. The highest BCUT2D eigenvalue weighted by atomic mass is 16.3. The zero-order valence-corrected chi connectivity index (χ0v) is 14.9. The molecule has 2 amide bonds. The maximum atomic E-state index is 12.2. The molecule has 0 aliphatic rings. The molecule has 0 heterocycles. The van der Waals surface area contributed by atoms with Crippen molar-refractivity contribution in [3.63, 3.8) is 0 Å². The Balaban J connectivity index is 2.02. The highest BCUT2D eigenvalue weighted by Crippen LogP contribution is 2.18. The van der Waals surface area contributed by atoms with Crippen molar-refractivity contribution < 1.29 is 19.5 Å². The number of ketones is 1. The molecule has 138 valence electrons. The number of hydrogen-bond acceptors (Lipinski definition) is 5. The van der Waals surface area contributed by atoms with Crippen LogP contribution in [0.25, 0.3) is 5.76 Å². The van der Waals surface area contributed by atoms with Gasteiger partial charge in [-0.1, -0.05) is 42.5 Å². The van der Waals surface area contributed by atoms with Crippen LogP contribution in [0.3, 0.4) is 0 Å². The van der Waals surface area contributed by atoms with E-state index in [4.69, 9.17) is 0 Å². The first kappa shape index (κ1) is 19.6. The number of hydrogen-bond donors (Lipinski definition) is 3. The SMILES string of the molecule is CC(C)=Nc1ccccc1C(=O)NNC(=O)C(=O)C=C(O)c1ccccc1. The summed E-state index contributed by atoms with van der Waals surface area (Å²) in [5.74, 6) is -3.06. The normalized spacial score (nSPS) is 10.7. The summed E-state index contributed by atoms with van der Waals surface area (Å²) in [5, 5.41) is 9.87. The highest BCUT2D eigenvalue weighted by Gasteiger charge is 2.16. The summed E-state index contributed by atoms with van der Waals surface area (Å²) in [6.45, 7) is 3.58. The van der Waals surface area contributed by atoms with Crippen molar-refractivity contribution >= 4 is 34.8 Å². The summed E-state index contributed by atoms with van der Waals surface area (Å²) in [4.78, 5) is 40.2. The molecule has 0 saturated heterocycles. The van der Waals surface area contributed by atoms with Crippen molar-refractivity contribution in [1.82, 2.24) is 10.9 Å². The van der Waals surface area contributed by atoms with E-state index in [1.807, 2.05) is 5.43 Å².